The van der Waals surface area contributed by atoms with E-state index in [0.29, 0.717) is 11.3 Å². The number of hydrogen-bond acceptors (Lipinski definition) is 5. The number of rotatable bonds is 4. The normalized spacial score (nSPS) is 9.82. The number of aromatic nitrogens is 1. The highest BCUT2D eigenvalue weighted by Crippen LogP contribution is 2.22. The molecule has 6 heteroatoms. The molecule has 0 unspecified atom stereocenters. The number of carboxylic acid groups (broad SMARTS) is 1. The zero-order valence-electron chi connectivity index (χ0n) is 9.81. The minimum Gasteiger partial charge on any atom is -0.481 e. The first-order chi connectivity index (χ1) is 7.99. The van der Waals surface area contributed by atoms with E-state index in [4.69, 9.17) is 9.84 Å². The predicted octanol–water partition coefficient (Wildman–Crippen LogP) is 0.812. The third kappa shape index (κ3) is 2.93. The Morgan fingerprint density at radius 3 is 2.53 bits per heavy atom. The molecule has 6 nitrogen and oxygen atoms in total. The van der Waals surface area contributed by atoms with Crippen LogP contribution < -0.4 is 4.74 Å². The fourth-order valence-electron chi connectivity index (χ4n) is 1.48. The minimum absolute atomic E-state index is 0.0583. The molecule has 0 saturated heterocycles. The van der Waals surface area contributed by atoms with Crippen molar-refractivity contribution in [3.63, 3.8) is 0 Å². The van der Waals surface area contributed by atoms with Crippen LogP contribution in [-0.2, 0) is 16.0 Å². The van der Waals surface area contributed by atoms with Crippen molar-refractivity contribution in [2.45, 2.75) is 13.3 Å². The van der Waals surface area contributed by atoms with Crippen LogP contribution in [0.3, 0.4) is 0 Å². The van der Waals surface area contributed by atoms with E-state index in [0.717, 1.165) is 0 Å². The molecule has 0 radical (unpaired) electrons. The van der Waals surface area contributed by atoms with Gasteiger partial charge < -0.3 is 14.6 Å². The van der Waals surface area contributed by atoms with Gasteiger partial charge in [0, 0.05) is 5.69 Å². The summed E-state index contributed by atoms with van der Waals surface area (Å²) in [6.07, 6.45) is -0.288. The van der Waals surface area contributed by atoms with Crippen molar-refractivity contribution in [2.75, 3.05) is 14.2 Å². The largest absolute Gasteiger partial charge is 0.481 e. The third-order valence-corrected chi connectivity index (χ3v) is 2.12. The van der Waals surface area contributed by atoms with Gasteiger partial charge in [-0.1, -0.05) is 0 Å². The van der Waals surface area contributed by atoms with Crippen LogP contribution >= 0.6 is 0 Å². The van der Waals surface area contributed by atoms with E-state index in [9.17, 15) is 9.59 Å². The Morgan fingerprint density at radius 1 is 1.41 bits per heavy atom. The quantitative estimate of drug-likeness (QED) is 0.782. The molecule has 0 amide bonds. The van der Waals surface area contributed by atoms with Crippen molar-refractivity contribution >= 4 is 11.9 Å². The van der Waals surface area contributed by atoms with Gasteiger partial charge in [-0.3, -0.25) is 4.79 Å². The molecule has 0 aliphatic carbocycles. The second kappa shape index (κ2) is 5.29. The Bertz CT molecular complexity index is 455. The van der Waals surface area contributed by atoms with E-state index in [1.54, 1.807) is 6.92 Å². The average Bonchev–Trinajstić information content (AvgIpc) is 2.26. The van der Waals surface area contributed by atoms with Gasteiger partial charge in [0.05, 0.1) is 20.6 Å². The zero-order chi connectivity index (χ0) is 13.0. The lowest BCUT2D eigenvalue weighted by atomic mass is 10.1. The lowest BCUT2D eigenvalue weighted by Gasteiger charge is -2.11. The molecule has 17 heavy (non-hydrogen) atoms. The molecular weight excluding hydrogens is 226 g/mol. The van der Waals surface area contributed by atoms with Crippen molar-refractivity contribution in [3.05, 3.63) is 22.9 Å². The van der Waals surface area contributed by atoms with Crippen LogP contribution in [0.1, 0.15) is 21.6 Å². The smallest absolute Gasteiger partial charge is 0.343 e. The highest BCUT2D eigenvalue weighted by atomic mass is 16.5. The van der Waals surface area contributed by atoms with Crippen LogP contribution in [0.2, 0.25) is 0 Å². The molecule has 0 saturated carbocycles. The maximum Gasteiger partial charge on any atom is 0.343 e. The second-order valence-electron chi connectivity index (χ2n) is 3.37. The molecule has 0 aliphatic rings. The van der Waals surface area contributed by atoms with Crippen LogP contribution in [0.15, 0.2) is 6.07 Å². The Hall–Kier alpha value is -2.11. The van der Waals surface area contributed by atoms with Crippen LogP contribution in [0.4, 0.5) is 0 Å². The number of nitrogens with zero attached hydrogens (tertiary/aromatic N) is 1. The van der Waals surface area contributed by atoms with Gasteiger partial charge in [-0.15, -0.1) is 0 Å². The summed E-state index contributed by atoms with van der Waals surface area (Å²) in [5.74, 6) is -1.62. The molecule has 1 heterocycles. The Labute approximate surface area is 98.2 Å². The van der Waals surface area contributed by atoms with Gasteiger partial charge in [0.1, 0.15) is 5.56 Å². The van der Waals surface area contributed by atoms with E-state index in [-0.39, 0.29) is 17.9 Å². The lowest BCUT2D eigenvalue weighted by Crippen LogP contribution is -2.13. The number of carboxylic acids is 1. The molecule has 0 fully saturated rings. The molecule has 1 N–H and O–H groups in total. The van der Waals surface area contributed by atoms with Crippen LogP contribution in [0.25, 0.3) is 0 Å². The van der Waals surface area contributed by atoms with E-state index >= 15 is 0 Å². The molecule has 1 aromatic rings. The number of hydrogen-bond donors (Lipinski definition) is 1. The maximum atomic E-state index is 11.6. The van der Waals surface area contributed by atoms with E-state index < -0.39 is 11.9 Å². The molecule has 0 spiro atoms. The monoisotopic (exact) mass is 239 g/mol. The van der Waals surface area contributed by atoms with Gasteiger partial charge in [-0.05, 0) is 18.6 Å². The molecule has 92 valence electrons. The number of aliphatic carboxylic acids is 1. The summed E-state index contributed by atoms with van der Waals surface area (Å²) in [5, 5.41) is 8.79. The van der Waals surface area contributed by atoms with Gasteiger partial charge in [0.2, 0.25) is 5.88 Å². The molecule has 0 bridgehead atoms. The summed E-state index contributed by atoms with van der Waals surface area (Å²) < 4.78 is 9.56. The zero-order valence-corrected chi connectivity index (χ0v) is 9.81. The number of aryl methyl sites for hydroxylation is 1. The van der Waals surface area contributed by atoms with E-state index in [2.05, 4.69) is 9.72 Å². The summed E-state index contributed by atoms with van der Waals surface area (Å²) in [7, 11) is 2.57. The molecule has 1 aromatic heterocycles. The number of esters is 1. The standard InChI is InChI=1S/C11H13NO5/c1-6-4-7(5-8(13)14)9(11(15)17-3)10(12-6)16-2/h4H,5H2,1-3H3,(H,13,14). The molecule has 0 atom stereocenters. The van der Waals surface area contributed by atoms with Gasteiger partial charge in [-0.25, -0.2) is 9.78 Å². The van der Waals surface area contributed by atoms with E-state index in [1.165, 1.54) is 20.3 Å². The number of carbonyl (C=O) groups excluding carboxylic acids is 1. The molecular formula is C11H13NO5. The SMILES string of the molecule is COC(=O)c1c(CC(=O)O)cc(C)nc1OC. The predicted molar refractivity (Wildman–Crippen MR) is 58.2 cm³/mol. The summed E-state index contributed by atoms with van der Waals surface area (Å²) in [5.41, 5.74) is 0.961. The van der Waals surface area contributed by atoms with Crippen LogP contribution in [-0.4, -0.2) is 36.2 Å². The number of ether oxygens (including phenoxy) is 2. The number of pyridine rings is 1. The van der Waals surface area contributed by atoms with Gasteiger partial charge in [0.15, 0.2) is 0 Å². The molecule has 0 aliphatic heterocycles. The summed E-state index contributed by atoms with van der Waals surface area (Å²) >= 11 is 0. The molecule has 0 aromatic carbocycles. The van der Waals surface area contributed by atoms with Gasteiger partial charge >= 0.3 is 11.9 Å². The van der Waals surface area contributed by atoms with Gasteiger partial charge in [-0.2, -0.15) is 0 Å². The highest BCUT2D eigenvalue weighted by Gasteiger charge is 2.21. The van der Waals surface area contributed by atoms with E-state index in [1.807, 2.05) is 0 Å². The molecule has 1 rings (SSSR count). The van der Waals surface area contributed by atoms with Gasteiger partial charge in [0.25, 0.3) is 0 Å². The fraction of sp³-hybridized carbons (Fsp3) is 0.364. The van der Waals surface area contributed by atoms with Crippen molar-refractivity contribution in [1.82, 2.24) is 4.98 Å². The minimum atomic E-state index is -1.04. The Balaban J connectivity index is 3.38. The fourth-order valence-corrected chi connectivity index (χ4v) is 1.48. The first-order valence-electron chi connectivity index (χ1n) is 4.84. The lowest BCUT2D eigenvalue weighted by molar-refractivity contribution is -0.136. The van der Waals surface area contributed by atoms with Crippen molar-refractivity contribution in [2.24, 2.45) is 0 Å². The summed E-state index contributed by atoms with van der Waals surface area (Å²) in [4.78, 5) is 26.3. The summed E-state index contributed by atoms with van der Waals surface area (Å²) in [6, 6.07) is 1.53. The average molecular weight is 239 g/mol. The Kier molecular flexibility index (Phi) is 4.03. The topological polar surface area (TPSA) is 85.7 Å². The number of carbonyl (C=O) groups is 2. The first kappa shape index (κ1) is 13.0. The highest BCUT2D eigenvalue weighted by molar-refractivity contribution is 5.94. The van der Waals surface area contributed by atoms with Crippen LogP contribution in [0, 0.1) is 6.92 Å². The van der Waals surface area contributed by atoms with Crippen molar-refractivity contribution in [3.8, 4) is 5.88 Å². The summed E-state index contributed by atoms with van der Waals surface area (Å²) in [6.45, 7) is 1.69. The second-order valence-corrected chi connectivity index (χ2v) is 3.37. The Morgan fingerprint density at radius 2 is 2.06 bits per heavy atom. The van der Waals surface area contributed by atoms with Crippen molar-refractivity contribution in [1.29, 1.82) is 0 Å². The third-order valence-electron chi connectivity index (χ3n) is 2.12. The first-order valence-corrected chi connectivity index (χ1v) is 4.84. The maximum absolute atomic E-state index is 11.6. The van der Waals surface area contributed by atoms with Crippen LogP contribution in [0.5, 0.6) is 5.88 Å². The number of methoxy groups -OCH3 is 2. The van der Waals surface area contributed by atoms with Crippen molar-refractivity contribution < 1.29 is 24.2 Å².